The summed E-state index contributed by atoms with van der Waals surface area (Å²) in [6, 6.07) is 7.09. The first-order chi connectivity index (χ1) is 16.1. The number of aryl methyl sites for hydroxylation is 1. The van der Waals surface area contributed by atoms with Crippen molar-refractivity contribution in [3.8, 4) is 0 Å². The van der Waals surface area contributed by atoms with Crippen molar-refractivity contribution in [2.75, 3.05) is 31.5 Å². The average Bonchev–Trinajstić information content (AvgIpc) is 2.79. The zero-order valence-corrected chi connectivity index (χ0v) is 20.0. The Hall–Kier alpha value is -3.20. The standard InChI is InChI=1S/C24H27ClF2N4O3/c1-14(2)21(29-22(32)20-18(26)5-4-6-19(20)27)23(33)30-9-11-31(12-10-30)24(34)28-16-8-7-15(3)17(25)13-16/h4-8,13-14,21H,9-12H2,1-3H3,(H,28,34)(H,29,32)/t21-/m0/s1. The molecule has 7 nitrogen and oxygen atoms in total. The molecular formula is C24H27ClF2N4O3. The summed E-state index contributed by atoms with van der Waals surface area (Å²) in [7, 11) is 0. The van der Waals surface area contributed by atoms with E-state index in [1.807, 2.05) is 13.0 Å². The van der Waals surface area contributed by atoms with E-state index in [4.69, 9.17) is 11.6 Å². The molecule has 1 aliphatic heterocycles. The van der Waals surface area contributed by atoms with E-state index in [-0.39, 0.29) is 44.0 Å². The van der Waals surface area contributed by atoms with Crippen molar-refractivity contribution in [1.82, 2.24) is 15.1 Å². The van der Waals surface area contributed by atoms with Gasteiger partial charge in [-0.3, -0.25) is 9.59 Å². The maximum absolute atomic E-state index is 14.0. The number of urea groups is 1. The van der Waals surface area contributed by atoms with Crippen molar-refractivity contribution in [2.45, 2.75) is 26.8 Å². The average molecular weight is 493 g/mol. The number of anilines is 1. The highest BCUT2D eigenvalue weighted by atomic mass is 35.5. The fourth-order valence-electron chi connectivity index (χ4n) is 3.64. The van der Waals surface area contributed by atoms with E-state index in [2.05, 4.69) is 10.6 Å². The van der Waals surface area contributed by atoms with Crippen LogP contribution in [0.2, 0.25) is 5.02 Å². The molecule has 34 heavy (non-hydrogen) atoms. The molecule has 2 aromatic carbocycles. The Morgan fingerprint density at radius 2 is 1.56 bits per heavy atom. The zero-order chi connectivity index (χ0) is 25.0. The number of piperazine rings is 1. The number of benzene rings is 2. The molecule has 0 aliphatic carbocycles. The maximum Gasteiger partial charge on any atom is 0.321 e. The lowest BCUT2D eigenvalue weighted by atomic mass is 10.0. The highest BCUT2D eigenvalue weighted by Gasteiger charge is 2.33. The maximum atomic E-state index is 14.0. The first-order valence-electron chi connectivity index (χ1n) is 10.9. The third kappa shape index (κ3) is 5.83. The van der Waals surface area contributed by atoms with E-state index in [9.17, 15) is 23.2 Å². The number of hydrogen-bond donors (Lipinski definition) is 2. The Morgan fingerprint density at radius 3 is 2.12 bits per heavy atom. The normalized spacial score (nSPS) is 14.7. The minimum Gasteiger partial charge on any atom is -0.340 e. The molecule has 2 N–H and O–H groups in total. The summed E-state index contributed by atoms with van der Waals surface area (Å²) >= 11 is 6.10. The Balaban J connectivity index is 1.60. The first-order valence-corrected chi connectivity index (χ1v) is 11.3. The second-order valence-electron chi connectivity index (χ2n) is 8.50. The number of rotatable bonds is 5. The van der Waals surface area contributed by atoms with Crippen LogP contribution in [0.15, 0.2) is 36.4 Å². The van der Waals surface area contributed by atoms with E-state index in [0.717, 1.165) is 23.8 Å². The van der Waals surface area contributed by atoms with Crippen molar-refractivity contribution in [3.63, 3.8) is 0 Å². The highest BCUT2D eigenvalue weighted by molar-refractivity contribution is 6.31. The van der Waals surface area contributed by atoms with Crippen LogP contribution in [0, 0.1) is 24.5 Å². The lowest BCUT2D eigenvalue weighted by molar-refractivity contribution is -0.135. The summed E-state index contributed by atoms with van der Waals surface area (Å²) in [5.41, 5.74) is 0.747. The number of carbonyl (C=O) groups is 3. The smallest absolute Gasteiger partial charge is 0.321 e. The van der Waals surface area contributed by atoms with Gasteiger partial charge in [0.1, 0.15) is 23.2 Å². The van der Waals surface area contributed by atoms with Crippen molar-refractivity contribution < 1.29 is 23.2 Å². The molecule has 10 heteroatoms. The summed E-state index contributed by atoms with van der Waals surface area (Å²) in [6.07, 6.45) is 0. The Morgan fingerprint density at radius 1 is 0.971 bits per heavy atom. The largest absolute Gasteiger partial charge is 0.340 e. The van der Waals surface area contributed by atoms with Gasteiger partial charge < -0.3 is 20.4 Å². The molecule has 1 aliphatic rings. The highest BCUT2D eigenvalue weighted by Crippen LogP contribution is 2.21. The second kappa shape index (κ2) is 10.8. The number of nitrogens with zero attached hydrogens (tertiary/aromatic N) is 2. The first kappa shape index (κ1) is 25.4. The van der Waals surface area contributed by atoms with Crippen molar-refractivity contribution in [3.05, 3.63) is 64.2 Å². The molecule has 0 bridgehead atoms. The fourth-order valence-corrected chi connectivity index (χ4v) is 3.82. The van der Waals surface area contributed by atoms with Gasteiger partial charge in [-0.25, -0.2) is 13.6 Å². The molecule has 1 heterocycles. The molecule has 0 radical (unpaired) electrons. The van der Waals surface area contributed by atoms with Gasteiger partial charge in [0.15, 0.2) is 0 Å². The summed E-state index contributed by atoms with van der Waals surface area (Å²) < 4.78 is 28.0. The van der Waals surface area contributed by atoms with Gasteiger partial charge in [-0.1, -0.05) is 37.6 Å². The van der Waals surface area contributed by atoms with Gasteiger partial charge in [0.05, 0.1) is 0 Å². The molecule has 0 unspecified atom stereocenters. The third-order valence-electron chi connectivity index (χ3n) is 5.71. The number of halogens is 3. The van der Waals surface area contributed by atoms with Crippen LogP contribution >= 0.6 is 11.6 Å². The van der Waals surface area contributed by atoms with E-state index >= 15 is 0 Å². The lowest BCUT2D eigenvalue weighted by Crippen LogP contribution is -2.57. The topological polar surface area (TPSA) is 81.8 Å². The van der Waals surface area contributed by atoms with E-state index in [1.54, 1.807) is 30.9 Å². The van der Waals surface area contributed by atoms with Crippen LogP contribution < -0.4 is 10.6 Å². The van der Waals surface area contributed by atoms with Crippen molar-refractivity contribution in [1.29, 1.82) is 0 Å². The van der Waals surface area contributed by atoms with Crippen LogP contribution in [-0.4, -0.2) is 59.9 Å². The van der Waals surface area contributed by atoms with Crippen LogP contribution in [0.5, 0.6) is 0 Å². The second-order valence-corrected chi connectivity index (χ2v) is 8.91. The lowest BCUT2D eigenvalue weighted by Gasteiger charge is -2.37. The number of hydrogen-bond acceptors (Lipinski definition) is 3. The van der Waals surface area contributed by atoms with Gasteiger partial charge in [-0.2, -0.15) is 0 Å². The monoisotopic (exact) mass is 492 g/mol. The molecule has 1 saturated heterocycles. The van der Waals surface area contributed by atoms with E-state index in [0.29, 0.717) is 10.7 Å². The summed E-state index contributed by atoms with van der Waals surface area (Å²) in [5.74, 6) is -3.68. The SMILES string of the molecule is Cc1ccc(NC(=O)N2CCN(C(=O)[C@@H](NC(=O)c3c(F)cccc3F)C(C)C)CC2)cc1Cl. The zero-order valence-electron chi connectivity index (χ0n) is 19.2. The van der Waals surface area contributed by atoms with Gasteiger partial charge in [-0.05, 0) is 42.7 Å². The quantitative estimate of drug-likeness (QED) is 0.660. The molecule has 1 fully saturated rings. The van der Waals surface area contributed by atoms with Crippen molar-refractivity contribution in [2.24, 2.45) is 5.92 Å². The molecule has 0 saturated carbocycles. The molecule has 0 aromatic heterocycles. The van der Waals surface area contributed by atoms with Crippen LogP contribution in [0.1, 0.15) is 29.8 Å². The minimum atomic E-state index is -0.998. The van der Waals surface area contributed by atoms with E-state index < -0.39 is 29.1 Å². The van der Waals surface area contributed by atoms with Gasteiger partial charge in [0.25, 0.3) is 5.91 Å². The van der Waals surface area contributed by atoms with Crippen LogP contribution in [0.4, 0.5) is 19.3 Å². The Kier molecular flexibility index (Phi) is 8.09. The van der Waals surface area contributed by atoms with Gasteiger partial charge in [0.2, 0.25) is 5.91 Å². The third-order valence-corrected chi connectivity index (χ3v) is 6.12. The Bertz CT molecular complexity index is 1070. The van der Waals surface area contributed by atoms with Crippen LogP contribution in [-0.2, 0) is 4.79 Å². The molecule has 2 aromatic rings. The van der Waals surface area contributed by atoms with Gasteiger partial charge in [-0.15, -0.1) is 0 Å². The summed E-state index contributed by atoms with van der Waals surface area (Å²) in [5, 5.41) is 5.81. The molecule has 4 amide bonds. The predicted molar refractivity (Wildman–Crippen MR) is 126 cm³/mol. The number of carbonyl (C=O) groups excluding carboxylic acids is 3. The minimum absolute atomic E-state index is 0.258. The molecule has 3 rings (SSSR count). The van der Waals surface area contributed by atoms with Crippen molar-refractivity contribution >= 4 is 35.1 Å². The fraction of sp³-hybridized carbons (Fsp3) is 0.375. The predicted octanol–water partition coefficient (Wildman–Crippen LogP) is 4.06. The molecule has 1 atom stereocenters. The van der Waals surface area contributed by atoms with Crippen LogP contribution in [0.25, 0.3) is 0 Å². The molecule has 182 valence electrons. The number of nitrogens with one attached hydrogen (secondary N) is 2. The molecule has 0 spiro atoms. The van der Waals surface area contributed by atoms with Crippen LogP contribution in [0.3, 0.4) is 0 Å². The Labute approximate surface area is 202 Å². The van der Waals surface area contributed by atoms with Gasteiger partial charge >= 0.3 is 6.03 Å². The number of amides is 4. The summed E-state index contributed by atoms with van der Waals surface area (Å²) in [6.45, 7) is 6.43. The molecular weight excluding hydrogens is 466 g/mol. The summed E-state index contributed by atoms with van der Waals surface area (Å²) in [4.78, 5) is 41.3. The van der Waals surface area contributed by atoms with Gasteiger partial charge in [0, 0.05) is 36.9 Å². The van der Waals surface area contributed by atoms with E-state index in [1.165, 1.54) is 4.90 Å².